The zero-order chi connectivity index (χ0) is 14.0. The van der Waals surface area contributed by atoms with Gasteiger partial charge >= 0.3 is 6.03 Å². The van der Waals surface area contributed by atoms with Crippen LogP contribution in [0.3, 0.4) is 0 Å². The van der Waals surface area contributed by atoms with Crippen molar-refractivity contribution in [3.8, 4) is 0 Å². The molecule has 1 aromatic heterocycles. The second kappa shape index (κ2) is 5.35. The molecule has 1 aliphatic heterocycles. The molecular weight excluding hydrogens is 248 g/mol. The molecule has 0 aromatic carbocycles. The van der Waals surface area contributed by atoms with E-state index < -0.39 is 6.04 Å². The molecule has 1 unspecified atom stereocenters. The Morgan fingerprint density at radius 2 is 2.26 bits per heavy atom. The highest BCUT2D eigenvalue weighted by molar-refractivity contribution is 6.03. The Morgan fingerprint density at radius 3 is 2.89 bits per heavy atom. The molecular formula is C11H18N6O2. The standard InChI is InChI=1S/C11H18N6O2/c1-7(2)5-17-9(10(12)13-11(17)19)8-6-16(3-4-18)15-14-8/h6-7,9,18H,3-5H2,1-2H3,(H2,12,13,19). The molecule has 0 radical (unpaired) electrons. The molecule has 1 aromatic rings. The molecule has 0 bridgehead atoms. The summed E-state index contributed by atoms with van der Waals surface area (Å²) in [6.45, 7) is 4.92. The molecule has 3 N–H and O–H groups in total. The maximum absolute atomic E-state index is 11.8. The van der Waals surface area contributed by atoms with Gasteiger partial charge in [-0.15, -0.1) is 5.10 Å². The Bertz CT molecular complexity index is 495. The Labute approximate surface area is 110 Å². The molecule has 1 aliphatic rings. The summed E-state index contributed by atoms with van der Waals surface area (Å²) in [4.78, 5) is 17.2. The second-order valence-electron chi connectivity index (χ2n) is 4.90. The van der Waals surface area contributed by atoms with Crippen LogP contribution in [0.5, 0.6) is 0 Å². The summed E-state index contributed by atoms with van der Waals surface area (Å²) >= 11 is 0. The molecule has 19 heavy (non-hydrogen) atoms. The Hall–Kier alpha value is -1.96. The average Bonchev–Trinajstić information content (AvgIpc) is 2.85. The van der Waals surface area contributed by atoms with Gasteiger partial charge in [-0.05, 0) is 5.92 Å². The van der Waals surface area contributed by atoms with Crippen LogP contribution in [0.25, 0.3) is 0 Å². The largest absolute Gasteiger partial charge is 0.394 e. The zero-order valence-corrected chi connectivity index (χ0v) is 11.0. The number of hydrogen-bond acceptors (Lipinski definition) is 5. The van der Waals surface area contributed by atoms with Gasteiger partial charge in [-0.25, -0.2) is 9.48 Å². The molecule has 0 fully saturated rings. The van der Waals surface area contributed by atoms with E-state index in [0.29, 0.717) is 24.7 Å². The summed E-state index contributed by atoms with van der Waals surface area (Å²) in [5.74, 6) is 0.543. The number of hydrogen-bond donors (Lipinski definition) is 2. The number of aromatic nitrogens is 3. The van der Waals surface area contributed by atoms with Crippen molar-refractivity contribution in [2.45, 2.75) is 26.4 Å². The van der Waals surface area contributed by atoms with Gasteiger partial charge in [0, 0.05) is 6.54 Å². The quantitative estimate of drug-likeness (QED) is 0.764. The third-order valence-corrected chi connectivity index (χ3v) is 2.79. The van der Waals surface area contributed by atoms with Crippen LogP contribution in [0, 0.1) is 5.92 Å². The third kappa shape index (κ3) is 2.73. The molecule has 2 amide bonds. The van der Waals surface area contributed by atoms with Crippen molar-refractivity contribution in [3.05, 3.63) is 11.9 Å². The minimum Gasteiger partial charge on any atom is -0.394 e. The van der Waals surface area contributed by atoms with Crippen LogP contribution < -0.4 is 5.73 Å². The number of amidine groups is 1. The SMILES string of the molecule is CC(C)CN1C(=O)N=C(N)C1c1cn(CCO)nn1. The molecule has 0 aliphatic carbocycles. The van der Waals surface area contributed by atoms with E-state index in [0.717, 1.165) is 0 Å². The van der Waals surface area contributed by atoms with Gasteiger partial charge in [0.2, 0.25) is 0 Å². The molecule has 2 heterocycles. The second-order valence-corrected chi connectivity index (χ2v) is 4.90. The first-order valence-corrected chi connectivity index (χ1v) is 6.18. The summed E-state index contributed by atoms with van der Waals surface area (Å²) in [7, 11) is 0. The van der Waals surface area contributed by atoms with E-state index in [1.165, 1.54) is 4.68 Å². The zero-order valence-electron chi connectivity index (χ0n) is 11.0. The first-order valence-electron chi connectivity index (χ1n) is 6.18. The summed E-state index contributed by atoms with van der Waals surface area (Å²) in [5, 5.41) is 16.7. The summed E-state index contributed by atoms with van der Waals surface area (Å²) in [6, 6.07) is -0.796. The minimum absolute atomic E-state index is 0.0221. The summed E-state index contributed by atoms with van der Waals surface area (Å²) in [6.07, 6.45) is 1.68. The number of aliphatic imine (C=N–C) groups is 1. The Kier molecular flexibility index (Phi) is 3.79. The fourth-order valence-corrected chi connectivity index (χ4v) is 2.04. The van der Waals surface area contributed by atoms with Crippen molar-refractivity contribution in [3.63, 3.8) is 0 Å². The Balaban J connectivity index is 2.23. The lowest BCUT2D eigenvalue weighted by Gasteiger charge is -2.24. The highest BCUT2D eigenvalue weighted by Crippen LogP contribution is 2.26. The molecule has 2 rings (SSSR count). The van der Waals surface area contributed by atoms with Gasteiger partial charge < -0.3 is 15.7 Å². The number of carbonyl (C=O) groups is 1. The molecule has 104 valence electrons. The van der Waals surface area contributed by atoms with Gasteiger partial charge in [0.25, 0.3) is 0 Å². The van der Waals surface area contributed by atoms with Gasteiger partial charge in [-0.1, -0.05) is 19.1 Å². The van der Waals surface area contributed by atoms with Crippen molar-refractivity contribution in [2.24, 2.45) is 16.6 Å². The van der Waals surface area contributed by atoms with Crippen LogP contribution in [0.15, 0.2) is 11.2 Å². The van der Waals surface area contributed by atoms with Gasteiger partial charge in [-0.3, -0.25) is 0 Å². The maximum Gasteiger partial charge on any atom is 0.346 e. The van der Waals surface area contributed by atoms with Crippen LogP contribution in [-0.4, -0.2) is 50.0 Å². The highest BCUT2D eigenvalue weighted by atomic mass is 16.3. The van der Waals surface area contributed by atoms with Crippen molar-refractivity contribution in [2.75, 3.05) is 13.2 Å². The number of carbonyl (C=O) groups excluding carboxylic acids is 1. The first-order chi connectivity index (χ1) is 9.02. The van der Waals surface area contributed by atoms with Crippen LogP contribution in [0.1, 0.15) is 25.6 Å². The van der Waals surface area contributed by atoms with Crippen LogP contribution >= 0.6 is 0 Å². The predicted octanol–water partition coefficient (Wildman–Crippen LogP) is -0.240. The average molecular weight is 266 g/mol. The van der Waals surface area contributed by atoms with Crippen LogP contribution in [0.4, 0.5) is 4.79 Å². The van der Waals surface area contributed by atoms with E-state index in [4.69, 9.17) is 10.8 Å². The number of nitrogens with zero attached hydrogens (tertiary/aromatic N) is 5. The van der Waals surface area contributed by atoms with Crippen LogP contribution in [-0.2, 0) is 6.54 Å². The summed E-state index contributed by atoms with van der Waals surface area (Å²) < 4.78 is 1.51. The van der Waals surface area contributed by atoms with Crippen molar-refractivity contribution in [1.82, 2.24) is 19.9 Å². The summed E-state index contributed by atoms with van der Waals surface area (Å²) in [5.41, 5.74) is 6.38. The van der Waals surface area contributed by atoms with Gasteiger partial charge in [0.1, 0.15) is 17.6 Å². The molecule has 0 saturated heterocycles. The fraction of sp³-hybridized carbons (Fsp3) is 0.636. The fourth-order valence-electron chi connectivity index (χ4n) is 2.04. The normalized spacial score (nSPS) is 19.4. The molecule has 8 nitrogen and oxygen atoms in total. The number of aliphatic hydroxyl groups is 1. The number of aliphatic hydroxyl groups excluding tert-OH is 1. The topological polar surface area (TPSA) is 110 Å². The molecule has 8 heteroatoms. The van der Waals surface area contributed by atoms with E-state index in [2.05, 4.69) is 15.3 Å². The highest BCUT2D eigenvalue weighted by Gasteiger charge is 2.36. The number of nitrogens with two attached hydrogens (primary N) is 1. The van der Waals surface area contributed by atoms with Crippen molar-refractivity contribution >= 4 is 11.9 Å². The van der Waals surface area contributed by atoms with Crippen molar-refractivity contribution in [1.29, 1.82) is 0 Å². The maximum atomic E-state index is 11.8. The monoisotopic (exact) mass is 266 g/mol. The van der Waals surface area contributed by atoms with E-state index in [-0.39, 0.29) is 18.5 Å². The number of urea groups is 1. The molecule has 1 atom stereocenters. The lowest BCUT2D eigenvalue weighted by Crippen LogP contribution is -2.36. The molecule has 0 saturated carbocycles. The first kappa shape index (κ1) is 13.5. The smallest absolute Gasteiger partial charge is 0.346 e. The third-order valence-electron chi connectivity index (χ3n) is 2.79. The van der Waals surface area contributed by atoms with E-state index in [1.807, 2.05) is 13.8 Å². The van der Waals surface area contributed by atoms with Crippen LogP contribution in [0.2, 0.25) is 0 Å². The Morgan fingerprint density at radius 1 is 1.53 bits per heavy atom. The van der Waals surface area contributed by atoms with Gasteiger partial charge in [-0.2, -0.15) is 4.99 Å². The number of amides is 2. The molecule has 0 spiro atoms. The minimum atomic E-state index is -0.456. The van der Waals surface area contributed by atoms with Crippen molar-refractivity contribution < 1.29 is 9.90 Å². The van der Waals surface area contributed by atoms with E-state index >= 15 is 0 Å². The lowest BCUT2D eigenvalue weighted by molar-refractivity contribution is 0.198. The van der Waals surface area contributed by atoms with E-state index in [1.54, 1.807) is 11.1 Å². The van der Waals surface area contributed by atoms with Gasteiger partial charge in [0.05, 0.1) is 19.3 Å². The van der Waals surface area contributed by atoms with Gasteiger partial charge in [0.15, 0.2) is 0 Å². The van der Waals surface area contributed by atoms with E-state index in [9.17, 15) is 4.79 Å². The lowest BCUT2D eigenvalue weighted by atomic mass is 10.1. The number of rotatable bonds is 5. The predicted molar refractivity (Wildman–Crippen MR) is 68.4 cm³/mol.